The van der Waals surface area contributed by atoms with Gasteiger partial charge in [0.25, 0.3) is 0 Å². The van der Waals surface area contributed by atoms with Crippen molar-refractivity contribution < 1.29 is 4.57 Å². The second-order valence-corrected chi connectivity index (χ2v) is 9.92. The first-order valence-electron chi connectivity index (χ1n) is 14.3. The van der Waals surface area contributed by atoms with E-state index in [2.05, 4.69) is 49.0 Å². The predicted molar refractivity (Wildman–Crippen MR) is 139 cm³/mol. The Morgan fingerprint density at radius 2 is 0.742 bits per heavy atom. The molecule has 1 nitrogen and oxygen atoms in total. The zero-order valence-electron chi connectivity index (χ0n) is 21.5. The topological polar surface area (TPSA) is 3.88 Å². The lowest BCUT2D eigenvalue weighted by Crippen LogP contribution is -2.38. The third-order valence-corrected chi connectivity index (χ3v) is 6.94. The number of aromatic nitrogens is 1. The molecule has 0 aromatic carbocycles. The van der Waals surface area contributed by atoms with E-state index in [4.69, 9.17) is 0 Å². The third kappa shape index (κ3) is 17.4. The van der Waals surface area contributed by atoms with E-state index >= 15 is 0 Å². The monoisotopic (exact) mass is 430 g/mol. The van der Waals surface area contributed by atoms with Gasteiger partial charge in [0.2, 0.25) is 0 Å². The van der Waals surface area contributed by atoms with Crippen LogP contribution < -0.4 is 4.57 Å². The minimum absolute atomic E-state index is 0.712. The average molecular weight is 431 g/mol. The average Bonchev–Trinajstić information content (AvgIpc) is 2.80. The van der Waals surface area contributed by atoms with Gasteiger partial charge < -0.3 is 0 Å². The Bertz CT molecular complexity index is 431. The van der Waals surface area contributed by atoms with Gasteiger partial charge in [-0.05, 0) is 12.8 Å². The Hall–Kier alpha value is -0.850. The molecule has 0 bridgehead atoms. The van der Waals surface area contributed by atoms with Crippen LogP contribution in [0.1, 0.15) is 161 Å². The summed E-state index contributed by atoms with van der Waals surface area (Å²) in [4.78, 5) is 0. The van der Waals surface area contributed by atoms with Gasteiger partial charge in [0.15, 0.2) is 18.4 Å². The minimum atomic E-state index is 0.712. The summed E-state index contributed by atoms with van der Waals surface area (Å²) in [6.45, 7) is 4.61. The van der Waals surface area contributed by atoms with Crippen LogP contribution in [0.5, 0.6) is 0 Å². The van der Waals surface area contributed by atoms with Crippen molar-refractivity contribution in [1.29, 1.82) is 0 Å². The van der Waals surface area contributed by atoms with E-state index in [-0.39, 0.29) is 0 Å². The summed E-state index contributed by atoms with van der Waals surface area (Å²) in [5.41, 5.74) is 0. The number of hydrogen-bond acceptors (Lipinski definition) is 0. The maximum atomic E-state index is 2.49. The summed E-state index contributed by atoms with van der Waals surface area (Å²) in [6, 6.07) is 7.26. The van der Waals surface area contributed by atoms with Gasteiger partial charge >= 0.3 is 0 Å². The fourth-order valence-corrected chi connectivity index (χ4v) is 4.83. The molecule has 0 radical (unpaired) electrons. The standard InChI is InChI=1S/C30H56N/c1-3-5-7-9-11-13-15-17-19-22-26-30(31-28-24-21-25-29-31)27-23-20-18-16-14-12-10-8-6-4-2/h21,24-25,28-30H,3-20,22-23,26-27H2,1-2H3/q+1. The molecule has 1 rings (SSSR count). The van der Waals surface area contributed by atoms with Crippen molar-refractivity contribution in [2.24, 2.45) is 0 Å². The Labute approximate surface area is 196 Å². The van der Waals surface area contributed by atoms with Crippen LogP contribution >= 0.6 is 0 Å². The van der Waals surface area contributed by atoms with Gasteiger partial charge in [0.05, 0.1) is 0 Å². The van der Waals surface area contributed by atoms with Crippen molar-refractivity contribution in [3.63, 3.8) is 0 Å². The second kappa shape index (κ2) is 22.3. The Balaban J connectivity index is 2.10. The molecule has 0 saturated heterocycles. The molecule has 0 aliphatic rings. The lowest BCUT2D eigenvalue weighted by atomic mass is 9.99. The fraction of sp³-hybridized carbons (Fsp3) is 0.833. The van der Waals surface area contributed by atoms with E-state index in [9.17, 15) is 0 Å². The first-order valence-corrected chi connectivity index (χ1v) is 14.3. The SMILES string of the molecule is CCCCCCCCCCCCC(CCCCCCCCCCCC)[n+]1ccccc1. The molecule has 0 aliphatic carbocycles. The van der Waals surface area contributed by atoms with E-state index in [0.717, 1.165) is 0 Å². The molecular weight excluding hydrogens is 374 g/mol. The molecule has 0 spiro atoms. The molecule has 0 amide bonds. The van der Waals surface area contributed by atoms with Crippen molar-refractivity contribution in [1.82, 2.24) is 0 Å². The van der Waals surface area contributed by atoms with Crippen molar-refractivity contribution in [3.05, 3.63) is 30.6 Å². The van der Waals surface area contributed by atoms with Crippen molar-refractivity contribution in [2.45, 2.75) is 161 Å². The van der Waals surface area contributed by atoms with Crippen LogP contribution in [0, 0.1) is 0 Å². The van der Waals surface area contributed by atoms with E-state index in [1.54, 1.807) is 0 Å². The number of unbranched alkanes of at least 4 members (excludes halogenated alkanes) is 18. The summed E-state index contributed by atoms with van der Waals surface area (Å²) in [5, 5.41) is 0. The molecule has 0 saturated carbocycles. The first kappa shape index (κ1) is 28.2. The lowest BCUT2D eigenvalue weighted by Gasteiger charge is -2.13. The minimum Gasteiger partial charge on any atom is -0.202 e. The van der Waals surface area contributed by atoms with Crippen LogP contribution in [-0.2, 0) is 0 Å². The van der Waals surface area contributed by atoms with Gasteiger partial charge in [-0.1, -0.05) is 135 Å². The highest BCUT2D eigenvalue weighted by molar-refractivity contribution is 4.84. The van der Waals surface area contributed by atoms with Gasteiger partial charge in [0.1, 0.15) is 0 Å². The lowest BCUT2D eigenvalue weighted by molar-refractivity contribution is -0.724. The summed E-state index contributed by atoms with van der Waals surface area (Å²) >= 11 is 0. The van der Waals surface area contributed by atoms with Gasteiger partial charge in [-0.3, -0.25) is 0 Å². The molecule has 0 fully saturated rings. The largest absolute Gasteiger partial charge is 0.202 e. The van der Waals surface area contributed by atoms with Crippen LogP contribution in [0.4, 0.5) is 0 Å². The highest BCUT2D eigenvalue weighted by Gasteiger charge is 2.16. The molecular formula is C30H56N+. The highest BCUT2D eigenvalue weighted by Crippen LogP contribution is 2.20. The third-order valence-electron chi connectivity index (χ3n) is 6.94. The summed E-state index contributed by atoms with van der Waals surface area (Å²) in [5.74, 6) is 0. The molecule has 1 heteroatoms. The van der Waals surface area contributed by atoms with Crippen LogP contribution in [0.2, 0.25) is 0 Å². The number of nitrogens with zero attached hydrogens (tertiary/aromatic N) is 1. The summed E-state index contributed by atoms with van der Waals surface area (Å²) in [6.07, 6.45) is 36.0. The van der Waals surface area contributed by atoms with Crippen molar-refractivity contribution >= 4 is 0 Å². The molecule has 1 aromatic heterocycles. The maximum Gasteiger partial charge on any atom is 0.169 e. The zero-order valence-corrected chi connectivity index (χ0v) is 21.5. The maximum absolute atomic E-state index is 2.49. The van der Waals surface area contributed by atoms with Crippen LogP contribution in [-0.4, -0.2) is 0 Å². The molecule has 0 unspecified atom stereocenters. The molecule has 0 aliphatic heterocycles. The van der Waals surface area contributed by atoms with E-state index in [0.29, 0.717) is 6.04 Å². The van der Waals surface area contributed by atoms with Crippen molar-refractivity contribution in [3.8, 4) is 0 Å². The highest BCUT2D eigenvalue weighted by atomic mass is 15.0. The second-order valence-electron chi connectivity index (χ2n) is 9.92. The zero-order chi connectivity index (χ0) is 22.2. The van der Waals surface area contributed by atoms with E-state index in [1.165, 1.54) is 141 Å². The van der Waals surface area contributed by atoms with Gasteiger partial charge in [0, 0.05) is 25.0 Å². The Kier molecular flexibility index (Phi) is 20.3. The smallest absolute Gasteiger partial charge is 0.169 e. The quantitative estimate of drug-likeness (QED) is 0.120. The molecule has 1 aromatic rings. The number of hydrogen-bond donors (Lipinski definition) is 0. The van der Waals surface area contributed by atoms with Crippen molar-refractivity contribution in [2.75, 3.05) is 0 Å². The molecule has 0 N–H and O–H groups in total. The van der Waals surface area contributed by atoms with Gasteiger partial charge in [-0.2, -0.15) is 0 Å². The fourth-order valence-electron chi connectivity index (χ4n) is 4.83. The van der Waals surface area contributed by atoms with Gasteiger partial charge in [-0.25, -0.2) is 4.57 Å². The predicted octanol–water partition coefficient (Wildman–Crippen LogP) is 10.1. The normalized spacial score (nSPS) is 11.5. The Morgan fingerprint density at radius 3 is 1.10 bits per heavy atom. The number of pyridine rings is 1. The number of rotatable bonds is 23. The molecule has 31 heavy (non-hydrogen) atoms. The molecule has 180 valence electrons. The van der Waals surface area contributed by atoms with Crippen LogP contribution in [0.3, 0.4) is 0 Å². The first-order chi connectivity index (χ1) is 15.4. The summed E-state index contributed by atoms with van der Waals surface area (Å²) in [7, 11) is 0. The Morgan fingerprint density at radius 1 is 0.419 bits per heavy atom. The van der Waals surface area contributed by atoms with Crippen LogP contribution in [0.25, 0.3) is 0 Å². The van der Waals surface area contributed by atoms with Gasteiger partial charge in [-0.15, -0.1) is 0 Å². The van der Waals surface area contributed by atoms with E-state index < -0.39 is 0 Å². The summed E-state index contributed by atoms with van der Waals surface area (Å²) < 4.78 is 2.49. The molecule has 0 atom stereocenters. The molecule has 1 heterocycles. The van der Waals surface area contributed by atoms with Crippen LogP contribution in [0.15, 0.2) is 30.6 Å². The van der Waals surface area contributed by atoms with E-state index in [1.807, 2.05) is 0 Å².